The molecular weight excluding hydrogens is 362 g/mol. The molecule has 2 atom stereocenters. The first-order valence-corrected chi connectivity index (χ1v) is 8.53. The highest BCUT2D eigenvalue weighted by Crippen LogP contribution is 2.29. The Kier molecular flexibility index (Phi) is 5.56. The molecule has 0 unspecified atom stereocenters. The van der Waals surface area contributed by atoms with Crippen LogP contribution < -0.4 is 15.4 Å². The zero-order chi connectivity index (χ0) is 20.1. The van der Waals surface area contributed by atoms with E-state index in [1.165, 1.54) is 6.92 Å². The minimum Gasteiger partial charge on any atom is -0.478 e. The largest absolute Gasteiger partial charge is 0.478 e. The summed E-state index contributed by atoms with van der Waals surface area (Å²) in [6, 6.07) is 15.1. The lowest BCUT2D eigenvalue weighted by molar-refractivity contribution is -0.155. The van der Waals surface area contributed by atoms with Crippen LogP contribution in [0.25, 0.3) is 0 Å². The molecule has 0 fully saturated rings. The van der Waals surface area contributed by atoms with E-state index < -0.39 is 30.0 Å². The molecule has 3 rings (SSSR count). The zero-order valence-corrected chi connectivity index (χ0v) is 15.0. The van der Waals surface area contributed by atoms with Gasteiger partial charge in [-0.05, 0) is 43.3 Å². The maximum atomic E-state index is 12.2. The van der Waals surface area contributed by atoms with E-state index in [-0.39, 0.29) is 6.42 Å². The summed E-state index contributed by atoms with van der Waals surface area (Å²) in [5.41, 5.74) is 1.47. The van der Waals surface area contributed by atoms with Crippen molar-refractivity contribution in [3.05, 3.63) is 54.1 Å². The summed E-state index contributed by atoms with van der Waals surface area (Å²) in [7, 11) is 0. The number of fused-ring (bicyclic) bond motifs is 1. The Balaban J connectivity index is 1.53. The van der Waals surface area contributed by atoms with Crippen LogP contribution in [0.2, 0.25) is 0 Å². The number of benzene rings is 2. The van der Waals surface area contributed by atoms with Gasteiger partial charge < -0.3 is 20.1 Å². The van der Waals surface area contributed by atoms with Gasteiger partial charge in [-0.2, -0.15) is 5.26 Å². The van der Waals surface area contributed by atoms with Crippen molar-refractivity contribution in [1.29, 1.82) is 5.26 Å². The van der Waals surface area contributed by atoms with Gasteiger partial charge in [0.15, 0.2) is 12.2 Å². The summed E-state index contributed by atoms with van der Waals surface area (Å²) in [5.74, 6) is -1.25. The van der Waals surface area contributed by atoms with Gasteiger partial charge in [-0.25, -0.2) is 0 Å². The third-order valence-corrected chi connectivity index (χ3v) is 4.02. The van der Waals surface area contributed by atoms with Crippen molar-refractivity contribution < 1.29 is 23.9 Å². The first-order chi connectivity index (χ1) is 13.5. The Morgan fingerprint density at radius 1 is 1.25 bits per heavy atom. The average Bonchev–Trinajstić information content (AvgIpc) is 2.69. The highest BCUT2D eigenvalue weighted by Gasteiger charge is 2.31. The molecule has 0 saturated carbocycles. The number of nitriles is 1. The van der Waals surface area contributed by atoms with Crippen molar-refractivity contribution in [3.63, 3.8) is 0 Å². The van der Waals surface area contributed by atoms with Gasteiger partial charge in [0.05, 0.1) is 23.7 Å². The van der Waals surface area contributed by atoms with Crippen LogP contribution in [0.15, 0.2) is 48.5 Å². The van der Waals surface area contributed by atoms with Crippen LogP contribution in [0.3, 0.4) is 0 Å². The van der Waals surface area contributed by atoms with Crippen molar-refractivity contribution in [1.82, 2.24) is 0 Å². The summed E-state index contributed by atoms with van der Waals surface area (Å²) < 4.78 is 10.6. The molecule has 2 aromatic carbocycles. The average molecular weight is 379 g/mol. The van der Waals surface area contributed by atoms with Gasteiger partial charge in [-0.15, -0.1) is 0 Å². The summed E-state index contributed by atoms with van der Waals surface area (Å²) in [5, 5.41) is 14.0. The Bertz CT molecular complexity index is 949. The topological polar surface area (TPSA) is 118 Å². The molecule has 2 N–H and O–H groups in total. The molecule has 2 amide bonds. The first kappa shape index (κ1) is 18.9. The molecule has 1 heterocycles. The number of carbonyl (C=O) groups is 3. The van der Waals surface area contributed by atoms with Crippen molar-refractivity contribution in [3.8, 4) is 11.8 Å². The summed E-state index contributed by atoms with van der Waals surface area (Å²) in [6.07, 6.45) is -2.42. The van der Waals surface area contributed by atoms with Gasteiger partial charge in [0.2, 0.25) is 0 Å². The fourth-order valence-corrected chi connectivity index (χ4v) is 2.55. The van der Waals surface area contributed by atoms with Gasteiger partial charge >= 0.3 is 5.97 Å². The fraction of sp³-hybridized carbons (Fsp3) is 0.200. The minimum absolute atomic E-state index is 0.325. The maximum absolute atomic E-state index is 12.2. The molecule has 0 radical (unpaired) electrons. The Morgan fingerprint density at radius 3 is 2.68 bits per heavy atom. The number of hydrogen-bond donors (Lipinski definition) is 2. The molecule has 0 aromatic heterocycles. The number of hydrogen-bond acceptors (Lipinski definition) is 6. The number of rotatable bonds is 5. The molecule has 28 heavy (non-hydrogen) atoms. The lowest BCUT2D eigenvalue weighted by atomic mass is 10.1. The molecule has 1 aliphatic rings. The number of amides is 2. The van der Waals surface area contributed by atoms with Gasteiger partial charge in [0.1, 0.15) is 5.75 Å². The summed E-state index contributed by atoms with van der Waals surface area (Å²) in [4.78, 5) is 36.3. The lowest BCUT2D eigenvalue weighted by Gasteiger charge is -2.25. The van der Waals surface area contributed by atoms with Gasteiger partial charge in [0, 0.05) is 5.69 Å². The lowest BCUT2D eigenvalue weighted by Crippen LogP contribution is -2.40. The van der Waals surface area contributed by atoms with Crippen LogP contribution >= 0.6 is 0 Å². The Hall–Kier alpha value is -3.86. The second-order valence-corrected chi connectivity index (χ2v) is 6.11. The van der Waals surface area contributed by atoms with Crippen LogP contribution in [0, 0.1) is 11.3 Å². The van der Waals surface area contributed by atoms with E-state index in [1.54, 1.807) is 48.5 Å². The predicted octanol–water partition coefficient (Wildman–Crippen LogP) is 2.22. The standard InChI is InChI=1S/C20H17N3O5/c1-12(19(25)22-14-8-6-13(11-21)7-9-14)27-18(24)10-17-20(26)23-15-4-2-3-5-16(15)28-17/h2-9,12,17H,10H2,1H3,(H,22,25)(H,23,26)/t12-,17-/m0/s1. The zero-order valence-electron chi connectivity index (χ0n) is 15.0. The van der Waals surface area contributed by atoms with E-state index in [0.29, 0.717) is 22.7 Å². The van der Waals surface area contributed by atoms with Crippen LogP contribution in [-0.4, -0.2) is 30.0 Å². The highest BCUT2D eigenvalue weighted by molar-refractivity contribution is 6.00. The molecule has 142 valence electrons. The van der Waals surface area contributed by atoms with Crippen molar-refractivity contribution in [2.45, 2.75) is 25.6 Å². The van der Waals surface area contributed by atoms with Crippen molar-refractivity contribution >= 4 is 29.2 Å². The smallest absolute Gasteiger partial charge is 0.310 e. The molecule has 2 aromatic rings. The number of esters is 1. The molecule has 0 saturated heterocycles. The number of anilines is 2. The van der Waals surface area contributed by atoms with Crippen LogP contribution in [-0.2, 0) is 19.1 Å². The molecule has 0 aliphatic carbocycles. The molecular formula is C20H17N3O5. The fourth-order valence-electron chi connectivity index (χ4n) is 2.55. The third-order valence-electron chi connectivity index (χ3n) is 4.02. The molecule has 0 spiro atoms. The summed E-state index contributed by atoms with van der Waals surface area (Å²) in [6.45, 7) is 1.42. The quantitative estimate of drug-likeness (QED) is 0.769. The number of nitrogens with zero attached hydrogens (tertiary/aromatic N) is 1. The minimum atomic E-state index is -1.07. The van der Waals surface area contributed by atoms with Gasteiger partial charge in [-0.1, -0.05) is 12.1 Å². The van der Waals surface area contributed by atoms with Crippen LogP contribution in [0.1, 0.15) is 18.9 Å². The third kappa shape index (κ3) is 4.45. The normalized spacial score (nSPS) is 15.9. The number of ether oxygens (including phenoxy) is 2. The number of nitrogens with one attached hydrogen (secondary N) is 2. The van der Waals surface area contributed by atoms with Crippen molar-refractivity contribution in [2.24, 2.45) is 0 Å². The number of para-hydroxylation sites is 2. The van der Waals surface area contributed by atoms with E-state index in [1.807, 2.05) is 6.07 Å². The Labute approximate surface area is 161 Å². The van der Waals surface area contributed by atoms with Crippen LogP contribution in [0.5, 0.6) is 5.75 Å². The van der Waals surface area contributed by atoms with Crippen LogP contribution in [0.4, 0.5) is 11.4 Å². The van der Waals surface area contributed by atoms with Crippen molar-refractivity contribution in [2.75, 3.05) is 10.6 Å². The van der Waals surface area contributed by atoms with Gasteiger partial charge in [-0.3, -0.25) is 14.4 Å². The van der Waals surface area contributed by atoms with E-state index >= 15 is 0 Å². The monoisotopic (exact) mass is 379 g/mol. The maximum Gasteiger partial charge on any atom is 0.310 e. The number of carbonyl (C=O) groups excluding carboxylic acids is 3. The second kappa shape index (κ2) is 8.22. The van der Waals surface area contributed by atoms with E-state index in [4.69, 9.17) is 14.7 Å². The molecule has 0 bridgehead atoms. The molecule has 8 nitrogen and oxygen atoms in total. The molecule has 1 aliphatic heterocycles. The Morgan fingerprint density at radius 2 is 1.96 bits per heavy atom. The summed E-state index contributed by atoms with van der Waals surface area (Å²) >= 11 is 0. The van der Waals surface area contributed by atoms with Gasteiger partial charge in [0.25, 0.3) is 11.8 Å². The SMILES string of the molecule is C[C@H](OC(=O)C[C@@H]1Oc2ccccc2NC1=O)C(=O)Nc1ccc(C#N)cc1. The highest BCUT2D eigenvalue weighted by atomic mass is 16.6. The van der Waals surface area contributed by atoms with E-state index in [0.717, 1.165) is 0 Å². The molecule has 8 heteroatoms. The second-order valence-electron chi connectivity index (χ2n) is 6.11. The predicted molar refractivity (Wildman–Crippen MR) is 99.4 cm³/mol. The first-order valence-electron chi connectivity index (χ1n) is 8.53. The van der Waals surface area contributed by atoms with E-state index in [2.05, 4.69) is 10.6 Å². The van der Waals surface area contributed by atoms with E-state index in [9.17, 15) is 14.4 Å².